The number of furan rings is 1. The van der Waals surface area contributed by atoms with Gasteiger partial charge in [-0.25, -0.2) is 0 Å². The van der Waals surface area contributed by atoms with Crippen molar-refractivity contribution in [3.63, 3.8) is 0 Å². The van der Waals surface area contributed by atoms with Crippen LogP contribution in [0, 0.1) is 16.9 Å². The fourth-order valence-electron chi connectivity index (χ4n) is 7.29. The molecule has 4 nitrogen and oxygen atoms in total. The molecule has 0 saturated carbocycles. The molecular formula is C43H48IrNO3S-. The molecule has 1 N–H and O–H groups in total. The Morgan fingerprint density at radius 1 is 0.918 bits per heavy atom. The minimum atomic E-state index is -0.337. The summed E-state index contributed by atoms with van der Waals surface area (Å²) in [5.41, 5.74) is 7.54. The van der Waals surface area contributed by atoms with Gasteiger partial charge in [-0.3, -0.25) is 4.79 Å². The summed E-state index contributed by atoms with van der Waals surface area (Å²) in [7, 11) is 0. The molecule has 3 heterocycles. The third kappa shape index (κ3) is 6.46. The van der Waals surface area contributed by atoms with E-state index >= 15 is 0 Å². The molecule has 2 atom stereocenters. The van der Waals surface area contributed by atoms with Gasteiger partial charge < -0.3 is 14.5 Å². The minimum Gasteiger partial charge on any atom is -0.512 e. The molecule has 0 bridgehead atoms. The number of nitrogens with zero attached hydrogens (tertiary/aromatic N) is 1. The molecule has 0 fully saturated rings. The van der Waals surface area contributed by atoms with E-state index in [2.05, 4.69) is 68.4 Å². The van der Waals surface area contributed by atoms with Crippen LogP contribution in [-0.2, 0) is 30.3 Å². The summed E-state index contributed by atoms with van der Waals surface area (Å²) in [5.74, 6) is 0.784. The van der Waals surface area contributed by atoms with Crippen molar-refractivity contribution in [2.45, 2.75) is 103 Å². The van der Waals surface area contributed by atoms with Crippen molar-refractivity contribution >= 4 is 39.5 Å². The second-order valence-corrected chi connectivity index (χ2v) is 15.8. The SMILES string of the molecule is CC1(C)c2c[c-]c(-c3cc4oc5ccccc5c4cn3)cc2C2Sc3ccccc3C21.CCC(C)(CC)C(=O)/C=C(\O)C(C)(CC)CC.[Ir]. The summed E-state index contributed by atoms with van der Waals surface area (Å²) in [6.45, 7) is 16.8. The Morgan fingerprint density at radius 2 is 1.57 bits per heavy atom. The van der Waals surface area contributed by atoms with Gasteiger partial charge in [-0.15, -0.1) is 46.7 Å². The van der Waals surface area contributed by atoms with E-state index in [-0.39, 0.29) is 47.9 Å². The van der Waals surface area contributed by atoms with Gasteiger partial charge in [0.2, 0.25) is 0 Å². The summed E-state index contributed by atoms with van der Waals surface area (Å²) < 4.78 is 6.09. The first-order valence-corrected chi connectivity index (χ1v) is 18.3. The number of thioether (sulfide) groups is 1. The molecule has 2 unspecified atom stereocenters. The second kappa shape index (κ2) is 14.2. The molecule has 2 aliphatic rings. The maximum Gasteiger partial charge on any atom is 0.164 e. The number of aliphatic hydroxyl groups is 1. The van der Waals surface area contributed by atoms with Crippen molar-refractivity contribution in [1.29, 1.82) is 0 Å². The molecule has 1 radical (unpaired) electrons. The van der Waals surface area contributed by atoms with Gasteiger partial charge >= 0.3 is 0 Å². The van der Waals surface area contributed by atoms with Gasteiger partial charge in [-0.05, 0) is 60.6 Å². The van der Waals surface area contributed by atoms with Crippen molar-refractivity contribution in [2.24, 2.45) is 10.8 Å². The maximum atomic E-state index is 12.2. The number of aliphatic hydroxyl groups excluding tert-OH is 1. The standard InChI is InChI=1S/C28H20NOS.C15H28O2.Ir/c1-28(2)21-12-11-16(13-19(21)27-26(28)18-8-4-6-10-25(18)31-27)22-14-24-20(15-29-22)17-7-3-5-9-23(17)30-24;1-7-14(5,8-2)12(16)11-13(17)15(6,9-3)10-4;/h3-10,12-15,26-27H,1-2H3;11,16H,7-10H2,1-6H3;/q-1;;/b;12-11-;. The maximum absolute atomic E-state index is 12.2. The molecule has 6 heteroatoms. The Labute approximate surface area is 309 Å². The Balaban J connectivity index is 0.000000226. The molecule has 5 aromatic rings. The first-order valence-electron chi connectivity index (χ1n) is 17.5. The predicted octanol–water partition coefficient (Wildman–Crippen LogP) is 12.3. The normalized spacial score (nSPS) is 17.9. The van der Waals surface area contributed by atoms with Crippen molar-refractivity contribution in [1.82, 2.24) is 4.98 Å². The van der Waals surface area contributed by atoms with Gasteiger partial charge in [0.15, 0.2) is 5.78 Å². The molecule has 0 saturated heterocycles. The van der Waals surface area contributed by atoms with Crippen molar-refractivity contribution in [2.75, 3.05) is 0 Å². The third-order valence-electron chi connectivity index (χ3n) is 11.7. The number of fused-ring (bicyclic) bond motifs is 8. The molecule has 259 valence electrons. The molecule has 49 heavy (non-hydrogen) atoms. The average molecular weight is 851 g/mol. The number of pyridine rings is 1. The fraction of sp³-hybridized carbons (Fsp3) is 0.395. The number of hydrogen-bond acceptors (Lipinski definition) is 5. The molecule has 0 amide bonds. The number of rotatable bonds is 8. The van der Waals surface area contributed by atoms with Crippen LogP contribution in [0.2, 0.25) is 0 Å². The van der Waals surface area contributed by atoms with Crippen molar-refractivity contribution in [3.05, 3.63) is 108 Å². The van der Waals surface area contributed by atoms with Gasteiger partial charge in [0.1, 0.15) is 16.9 Å². The second-order valence-electron chi connectivity index (χ2n) is 14.6. The van der Waals surface area contributed by atoms with Crippen LogP contribution < -0.4 is 0 Å². The van der Waals surface area contributed by atoms with E-state index < -0.39 is 0 Å². The Hall–Kier alpha value is -3.18. The molecular weight excluding hydrogens is 803 g/mol. The van der Waals surface area contributed by atoms with Crippen molar-refractivity contribution in [3.8, 4) is 11.3 Å². The van der Waals surface area contributed by atoms with E-state index in [0.29, 0.717) is 11.2 Å². The monoisotopic (exact) mass is 851 g/mol. The number of carbonyl (C=O) groups excluding carboxylic acids is 1. The Morgan fingerprint density at radius 3 is 2.27 bits per heavy atom. The topological polar surface area (TPSA) is 63.3 Å². The van der Waals surface area contributed by atoms with Crippen LogP contribution in [0.15, 0.2) is 94.1 Å². The van der Waals surface area contributed by atoms with E-state index in [1.807, 2.05) is 77.7 Å². The van der Waals surface area contributed by atoms with Crippen LogP contribution in [-0.4, -0.2) is 15.9 Å². The van der Waals surface area contributed by atoms with E-state index in [1.54, 1.807) is 0 Å². The number of carbonyl (C=O) groups is 1. The van der Waals surface area contributed by atoms with Crippen LogP contribution in [0.3, 0.4) is 0 Å². The number of allylic oxidation sites excluding steroid dienone is 2. The number of aromatic nitrogens is 1. The predicted molar refractivity (Wildman–Crippen MR) is 200 cm³/mol. The van der Waals surface area contributed by atoms with Crippen LogP contribution in [0.4, 0.5) is 0 Å². The van der Waals surface area contributed by atoms with Crippen LogP contribution in [0.1, 0.15) is 109 Å². The zero-order chi connectivity index (χ0) is 34.4. The molecule has 1 aliphatic heterocycles. The van der Waals surface area contributed by atoms with Gasteiger partial charge in [0.25, 0.3) is 0 Å². The van der Waals surface area contributed by atoms with Gasteiger partial charge in [0, 0.05) is 70.0 Å². The zero-order valence-electron chi connectivity index (χ0n) is 29.9. The number of hydrogen-bond donors (Lipinski definition) is 1. The molecule has 1 aliphatic carbocycles. The minimum absolute atomic E-state index is 0. The largest absolute Gasteiger partial charge is 0.512 e. The quantitative estimate of drug-likeness (QED) is 0.0957. The summed E-state index contributed by atoms with van der Waals surface area (Å²) in [6.07, 6.45) is 6.69. The van der Waals surface area contributed by atoms with Crippen LogP contribution in [0.5, 0.6) is 0 Å². The number of ketones is 1. The Bertz CT molecular complexity index is 2020. The number of para-hydroxylation sites is 1. The molecule has 0 spiro atoms. The van der Waals surface area contributed by atoms with E-state index in [1.165, 1.54) is 27.7 Å². The number of benzene rings is 3. The van der Waals surface area contributed by atoms with Gasteiger partial charge in [-0.2, -0.15) is 0 Å². The van der Waals surface area contributed by atoms with E-state index in [4.69, 9.17) is 9.40 Å². The summed E-state index contributed by atoms with van der Waals surface area (Å²) >= 11 is 2.01. The fourth-order valence-corrected chi connectivity index (χ4v) is 9.00. The van der Waals surface area contributed by atoms with E-state index in [9.17, 15) is 9.90 Å². The summed E-state index contributed by atoms with van der Waals surface area (Å²) in [4.78, 5) is 18.4. The smallest absolute Gasteiger partial charge is 0.164 e. The first kappa shape index (κ1) is 37.1. The Kier molecular flexibility index (Phi) is 10.8. The van der Waals surface area contributed by atoms with Gasteiger partial charge in [-0.1, -0.05) is 91.8 Å². The summed E-state index contributed by atoms with van der Waals surface area (Å²) in [5, 5.41) is 12.8. The molecule has 7 rings (SSSR count). The first-order chi connectivity index (χ1) is 22.9. The summed E-state index contributed by atoms with van der Waals surface area (Å²) in [6, 6.07) is 27.1. The van der Waals surface area contributed by atoms with Crippen molar-refractivity contribution < 1.29 is 34.4 Å². The molecule has 3 aromatic carbocycles. The average Bonchev–Trinajstić information content (AvgIpc) is 3.75. The molecule has 2 aromatic heterocycles. The van der Waals surface area contributed by atoms with Crippen LogP contribution >= 0.6 is 11.8 Å². The van der Waals surface area contributed by atoms with E-state index in [0.717, 1.165) is 58.9 Å². The van der Waals surface area contributed by atoms with Crippen LogP contribution in [0.25, 0.3) is 33.2 Å². The third-order valence-corrected chi connectivity index (χ3v) is 13.1. The van der Waals surface area contributed by atoms with Gasteiger partial charge in [0.05, 0.1) is 0 Å². The zero-order valence-corrected chi connectivity index (χ0v) is 33.2.